The van der Waals surface area contributed by atoms with Crippen molar-refractivity contribution in [1.29, 1.82) is 0 Å². The summed E-state index contributed by atoms with van der Waals surface area (Å²) in [5.74, 6) is 0. The van der Waals surface area contributed by atoms with Crippen LogP contribution in [-0.2, 0) is 9.47 Å². The first-order chi connectivity index (χ1) is 18.7. The van der Waals surface area contributed by atoms with Gasteiger partial charge in [0, 0.05) is 0 Å². The molecule has 2 aromatic heterocycles. The molecule has 2 N–H and O–H groups in total. The maximum absolute atomic E-state index is 11.8. The molecular formula is C30H38N6O4. The number of rotatable bonds is 4. The van der Waals surface area contributed by atoms with Crippen LogP contribution >= 0.6 is 0 Å². The number of aromatic nitrogens is 4. The van der Waals surface area contributed by atoms with E-state index in [0.29, 0.717) is 11.4 Å². The van der Waals surface area contributed by atoms with Crippen molar-refractivity contribution < 1.29 is 19.1 Å². The molecule has 0 saturated heterocycles. The lowest BCUT2D eigenvalue weighted by Crippen LogP contribution is -2.27. The highest BCUT2D eigenvalue weighted by molar-refractivity contribution is 5.86. The summed E-state index contributed by atoms with van der Waals surface area (Å²) < 4.78 is 13.9. The zero-order valence-corrected chi connectivity index (χ0v) is 24.4. The van der Waals surface area contributed by atoms with E-state index >= 15 is 0 Å². The van der Waals surface area contributed by atoms with Crippen LogP contribution < -0.4 is 10.6 Å². The number of carbonyl (C=O) groups is 2. The lowest BCUT2D eigenvalue weighted by molar-refractivity contribution is 0.0624. The number of hydrogen-bond acceptors (Lipinski definition) is 6. The molecule has 0 atom stereocenters. The minimum Gasteiger partial charge on any atom is -0.444 e. The van der Waals surface area contributed by atoms with Gasteiger partial charge in [-0.1, -0.05) is 36.4 Å². The molecule has 0 bridgehead atoms. The van der Waals surface area contributed by atoms with Gasteiger partial charge in [0.15, 0.2) is 0 Å². The monoisotopic (exact) mass is 546 g/mol. The summed E-state index contributed by atoms with van der Waals surface area (Å²) in [6.45, 7) is 14.7. The Morgan fingerprint density at radius 2 is 1.20 bits per heavy atom. The summed E-state index contributed by atoms with van der Waals surface area (Å²) in [5, 5.41) is 14.1. The molecule has 0 aliphatic rings. The Morgan fingerprint density at radius 3 is 1.70 bits per heavy atom. The molecule has 0 unspecified atom stereocenters. The topological polar surface area (TPSA) is 112 Å². The van der Waals surface area contributed by atoms with Crippen molar-refractivity contribution in [2.45, 2.75) is 66.6 Å². The Bertz CT molecular complexity index is 1390. The molecule has 0 aliphatic heterocycles. The number of nitrogens with one attached hydrogen (secondary N) is 2. The molecule has 40 heavy (non-hydrogen) atoms. The van der Waals surface area contributed by atoms with Crippen LogP contribution in [0, 0.1) is 13.8 Å². The van der Waals surface area contributed by atoms with E-state index in [1.54, 1.807) is 21.8 Å². The first kappa shape index (κ1) is 29.9. The Hall–Kier alpha value is -4.60. The third-order valence-corrected chi connectivity index (χ3v) is 5.20. The summed E-state index contributed by atoms with van der Waals surface area (Å²) in [5.41, 5.74) is 3.71. The number of nitrogens with zero attached hydrogens (tertiary/aromatic N) is 4. The van der Waals surface area contributed by atoms with E-state index in [4.69, 9.17) is 9.47 Å². The predicted octanol–water partition coefficient (Wildman–Crippen LogP) is 7.06. The van der Waals surface area contributed by atoms with E-state index in [0.717, 1.165) is 22.8 Å². The number of aryl methyl sites for hydroxylation is 1. The molecule has 4 aromatic rings. The van der Waals surface area contributed by atoms with Crippen LogP contribution in [0.3, 0.4) is 0 Å². The zero-order chi connectivity index (χ0) is 29.5. The molecule has 0 aliphatic carbocycles. The summed E-state index contributed by atoms with van der Waals surface area (Å²) in [6, 6.07) is 19.5. The highest BCUT2D eigenvalue weighted by atomic mass is 16.6. The van der Waals surface area contributed by atoms with E-state index in [1.807, 2.05) is 116 Å². The van der Waals surface area contributed by atoms with E-state index in [1.165, 1.54) is 0 Å². The Labute approximate surface area is 235 Å². The van der Waals surface area contributed by atoms with Crippen LogP contribution in [0.2, 0.25) is 0 Å². The maximum atomic E-state index is 11.8. The van der Waals surface area contributed by atoms with E-state index in [2.05, 4.69) is 20.8 Å². The molecule has 2 amide bonds. The zero-order valence-electron chi connectivity index (χ0n) is 24.4. The third-order valence-electron chi connectivity index (χ3n) is 5.20. The summed E-state index contributed by atoms with van der Waals surface area (Å²) in [7, 11) is 0. The second kappa shape index (κ2) is 12.5. The van der Waals surface area contributed by atoms with Crippen LogP contribution in [0.1, 0.15) is 52.9 Å². The normalized spacial score (nSPS) is 11.2. The standard InChI is InChI=1S/2C15H19N3O2/c1-11-13(16-14(19)20-15(2,3)4)10-18(17-11)12-8-6-5-7-9-12;1-11-13(17-14(19)20-15(2,3)4)10-16-18(11)12-8-6-5-7-9-12/h5-10H,1-4H3,(H,16,19);5-10H,1-4H3,(H,17,19). The molecule has 0 saturated carbocycles. The van der Waals surface area contributed by atoms with Gasteiger partial charge in [0.2, 0.25) is 0 Å². The molecule has 2 aromatic carbocycles. The Morgan fingerprint density at radius 1 is 0.725 bits per heavy atom. The number of hydrogen-bond donors (Lipinski definition) is 2. The van der Waals surface area contributed by atoms with Crippen LogP contribution in [0.25, 0.3) is 11.4 Å². The second-order valence-corrected chi connectivity index (χ2v) is 11.1. The largest absolute Gasteiger partial charge is 0.444 e. The van der Waals surface area contributed by atoms with Crippen LogP contribution in [0.4, 0.5) is 21.0 Å². The molecule has 212 valence electrons. The first-order valence-corrected chi connectivity index (χ1v) is 12.9. The van der Waals surface area contributed by atoms with Crippen molar-refractivity contribution in [3.05, 3.63) is 84.4 Å². The van der Waals surface area contributed by atoms with Gasteiger partial charge >= 0.3 is 12.2 Å². The van der Waals surface area contributed by atoms with Crippen molar-refractivity contribution in [1.82, 2.24) is 19.6 Å². The van der Waals surface area contributed by atoms with Crippen LogP contribution in [0.15, 0.2) is 73.1 Å². The molecule has 0 spiro atoms. The van der Waals surface area contributed by atoms with Gasteiger partial charge in [-0.25, -0.2) is 19.0 Å². The Kier molecular flexibility index (Phi) is 9.36. The van der Waals surface area contributed by atoms with Gasteiger partial charge in [0.05, 0.1) is 46.5 Å². The summed E-state index contributed by atoms with van der Waals surface area (Å²) >= 11 is 0. The fourth-order valence-electron chi connectivity index (χ4n) is 3.48. The van der Waals surface area contributed by atoms with Crippen LogP contribution in [0.5, 0.6) is 0 Å². The van der Waals surface area contributed by atoms with Gasteiger partial charge in [-0.05, 0) is 79.7 Å². The van der Waals surface area contributed by atoms with E-state index < -0.39 is 23.4 Å². The van der Waals surface area contributed by atoms with Gasteiger partial charge in [-0.3, -0.25) is 10.6 Å². The average molecular weight is 547 g/mol. The molecule has 2 heterocycles. The molecule has 0 radical (unpaired) electrons. The minimum absolute atomic E-state index is 0.479. The van der Waals surface area contributed by atoms with Crippen molar-refractivity contribution in [3.8, 4) is 11.4 Å². The molecule has 0 fully saturated rings. The van der Waals surface area contributed by atoms with E-state index in [-0.39, 0.29) is 0 Å². The van der Waals surface area contributed by atoms with Gasteiger partial charge in [0.25, 0.3) is 0 Å². The smallest absolute Gasteiger partial charge is 0.412 e. The molecular weight excluding hydrogens is 508 g/mol. The van der Waals surface area contributed by atoms with Crippen molar-refractivity contribution in [2.24, 2.45) is 0 Å². The SMILES string of the molecule is Cc1c(NC(=O)OC(C)(C)C)cnn1-c1ccccc1.Cc1nn(-c2ccccc2)cc1NC(=O)OC(C)(C)C. The fourth-order valence-corrected chi connectivity index (χ4v) is 3.48. The van der Waals surface area contributed by atoms with Gasteiger partial charge in [0.1, 0.15) is 11.2 Å². The van der Waals surface area contributed by atoms with Crippen molar-refractivity contribution >= 4 is 23.6 Å². The molecule has 10 heteroatoms. The minimum atomic E-state index is -0.520. The van der Waals surface area contributed by atoms with E-state index in [9.17, 15) is 9.59 Å². The number of carbonyl (C=O) groups excluding carboxylic acids is 2. The average Bonchev–Trinajstić information content (AvgIpc) is 3.40. The first-order valence-electron chi connectivity index (χ1n) is 12.9. The number of anilines is 2. The summed E-state index contributed by atoms with van der Waals surface area (Å²) in [4.78, 5) is 23.5. The number of ether oxygens (including phenoxy) is 2. The summed E-state index contributed by atoms with van der Waals surface area (Å²) in [6.07, 6.45) is 2.43. The second-order valence-electron chi connectivity index (χ2n) is 11.1. The van der Waals surface area contributed by atoms with Gasteiger partial charge in [-0.15, -0.1) is 0 Å². The van der Waals surface area contributed by atoms with Gasteiger partial charge in [-0.2, -0.15) is 10.2 Å². The number of benzene rings is 2. The predicted molar refractivity (Wildman–Crippen MR) is 156 cm³/mol. The van der Waals surface area contributed by atoms with Crippen molar-refractivity contribution in [2.75, 3.05) is 10.6 Å². The highest BCUT2D eigenvalue weighted by Gasteiger charge is 2.19. The number of amides is 2. The van der Waals surface area contributed by atoms with Crippen LogP contribution in [-0.4, -0.2) is 42.9 Å². The lowest BCUT2D eigenvalue weighted by atomic mass is 10.2. The van der Waals surface area contributed by atoms with Gasteiger partial charge < -0.3 is 9.47 Å². The molecule has 10 nitrogen and oxygen atoms in total. The fraction of sp³-hybridized carbons (Fsp3) is 0.333. The quantitative estimate of drug-likeness (QED) is 0.283. The third kappa shape index (κ3) is 9.00. The molecule has 4 rings (SSSR count). The number of para-hydroxylation sites is 2. The highest BCUT2D eigenvalue weighted by Crippen LogP contribution is 2.20. The van der Waals surface area contributed by atoms with Crippen molar-refractivity contribution in [3.63, 3.8) is 0 Å². The Balaban J connectivity index is 0.000000220. The lowest BCUT2D eigenvalue weighted by Gasteiger charge is -2.19. The maximum Gasteiger partial charge on any atom is 0.412 e.